The van der Waals surface area contributed by atoms with Crippen molar-refractivity contribution in [2.75, 3.05) is 20.2 Å². The second-order valence-corrected chi connectivity index (χ2v) is 4.58. The van der Waals surface area contributed by atoms with Crippen LogP contribution in [0.3, 0.4) is 0 Å². The van der Waals surface area contributed by atoms with E-state index in [1.54, 1.807) is 0 Å². The van der Waals surface area contributed by atoms with Crippen LogP contribution in [0.5, 0.6) is 0 Å². The molecular formula is C12H27NO. The van der Waals surface area contributed by atoms with Crippen molar-refractivity contribution in [3.8, 4) is 0 Å². The fourth-order valence-electron chi connectivity index (χ4n) is 2.27. The van der Waals surface area contributed by atoms with Crippen LogP contribution in [0, 0.1) is 0 Å². The summed E-state index contributed by atoms with van der Waals surface area (Å²) in [4.78, 5) is 2.21. The fourth-order valence-corrected chi connectivity index (χ4v) is 2.27. The molecule has 86 valence electrons. The van der Waals surface area contributed by atoms with Crippen molar-refractivity contribution in [1.29, 1.82) is 0 Å². The molecule has 2 fully saturated rings. The van der Waals surface area contributed by atoms with Crippen LogP contribution in [0.4, 0.5) is 0 Å². The molecule has 1 aliphatic heterocycles. The Balaban J connectivity index is 0.000000253. The van der Waals surface area contributed by atoms with Crippen LogP contribution in [-0.4, -0.2) is 36.2 Å². The summed E-state index contributed by atoms with van der Waals surface area (Å²) in [6.07, 6.45) is 11.4. The lowest BCUT2D eigenvalue weighted by Gasteiger charge is -2.15. The zero-order valence-corrected chi connectivity index (χ0v) is 9.54. The van der Waals surface area contributed by atoms with Gasteiger partial charge in [0.05, 0.1) is 6.61 Å². The minimum atomic E-state index is 0. The highest BCUT2D eigenvalue weighted by Crippen LogP contribution is 2.15. The molecular weight excluding hydrogens is 174 g/mol. The number of hydrogen-bond acceptors (Lipinski definition) is 2. The molecule has 0 aromatic heterocycles. The van der Waals surface area contributed by atoms with Crippen LogP contribution < -0.4 is 0 Å². The largest absolute Gasteiger partial charge is 0.395 e. The predicted molar refractivity (Wildman–Crippen MR) is 62.6 cm³/mol. The fraction of sp³-hybridized carbons (Fsp3) is 1.00. The maximum atomic E-state index is 8.69. The van der Waals surface area contributed by atoms with Gasteiger partial charge in [0.25, 0.3) is 0 Å². The highest BCUT2D eigenvalue weighted by molar-refractivity contribution is 4.74. The minimum Gasteiger partial charge on any atom is -0.395 e. The van der Waals surface area contributed by atoms with Crippen molar-refractivity contribution in [3.63, 3.8) is 0 Å². The van der Waals surface area contributed by atoms with E-state index in [1.807, 2.05) is 0 Å². The Morgan fingerprint density at radius 1 is 1.07 bits per heavy atom. The van der Waals surface area contributed by atoms with Crippen molar-refractivity contribution >= 4 is 0 Å². The molecule has 2 aliphatic rings. The highest BCUT2D eigenvalue weighted by atomic mass is 16.3. The average molecular weight is 201 g/mol. The van der Waals surface area contributed by atoms with Crippen LogP contribution in [0.2, 0.25) is 0 Å². The SMILES string of the molecule is C1CCCCC1.CN1CCC[C@H]1CO.[HH]. The first-order valence-electron chi connectivity index (χ1n) is 6.15. The van der Waals surface area contributed by atoms with E-state index >= 15 is 0 Å². The molecule has 0 bridgehead atoms. The second kappa shape index (κ2) is 7.24. The van der Waals surface area contributed by atoms with Crippen molar-refractivity contribution in [1.82, 2.24) is 4.90 Å². The molecule has 0 unspecified atom stereocenters. The van der Waals surface area contributed by atoms with Crippen molar-refractivity contribution in [2.45, 2.75) is 57.4 Å². The van der Waals surface area contributed by atoms with Crippen molar-refractivity contribution < 1.29 is 6.53 Å². The van der Waals surface area contributed by atoms with Crippen LogP contribution in [0.1, 0.15) is 52.8 Å². The molecule has 1 saturated heterocycles. The van der Waals surface area contributed by atoms with E-state index in [2.05, 4.69) is 11.9 Å². The number of likely N-dealkylation sites (N-methyl/N-ethyl adjacent to an activating group) is 1. The van der Waals surface area contributed by atoms with Gasteiger partial charge in [-0.3, -0.25) is 0 Å². The van der Waals surface area contributed by atoms with Crippen LogP contribution >= 0.6 is 0 Å². The summed E-state index contributed by atoms with van der Waals surface area (Å²) in [6, 6.07) is 0.454. The van der Waals surface area contributed by atoms with E-state index in [-0.39, 0.29) is 1.43 Å². The van der Waals surface area contributed by atoms with E-state index in [4.69, 9.17) is 5.11 Å². The van der Waals surface area contributed by atoms with Gasteiger partial charge < -0.3 is 10.0 Å². The predicted octanol–water partition coefficient (Wildman–Crippen LogP) is 2.66. The monoisotopic (exact) mass is 201 g/mol. The third-order valence-electron chi connectivity index (χ3n) is 3.38. The molecule has 14 heavy (non-hydrogen) atoms. The first-order valence-corrected chi connectivity index (χ1v) is 6.15. The minimum absolute atomic E-state index is 0. The molecule has 0 spiro atoms. The summed E-state index contributed by atoms with van der Waals surface area (Å²) >= 11 is 0. The molecule has 1 heterocycles. The van der Waals surface area contributed by atoms with Crippen LogP contribution in [0.25, 0.3) is 0 Å². The zero-order chi connectivity index (χ0) is 10.2. The lowest BCUT2D eigenvalue weighted by Crippen LogP contribution is -2.27. The van der Waals surface area contributed by atoms with Gasteiger partial charge in [-0.25, -0.2) is 0 Å². The molecule has 1 atom stereocenters. The van der Waals surface area contributed by atoms with Crippen molar-refractivity contribution in [3.05, 3.63) is 0 Å². The van der Waals surface area contributed by atoms with Gasteiger partial charge in [0, 0.05) is 7.47 Å². The molecule has 1 saturated carbocycles. The normalized spacial score (nSPS) is 28.3. The highest BCUT2D eigenvalue weighted by Gasteiger charge is 2.18. The maximum absolute atomic E-state index is 8.69. The standard InChI is InChI=1S/C6H13NO.C6H12.H2/c1-7-4-2-3-6(7)5-8;1-2-4-6-5-3-1;/h6,8H,2-5H2,1H3;1-6H2;1H/t6-;;/m0../s1. The van der Waals surface area contributed by atoms with Gasteiger partial charge in [0.1, 0.15) is 0 Å². The maximum Gasteiger partial charge on any atom is 0.0586 e. The number of likely N-dealkylation sites (tertiary alicyclic amines) is 1. The summed E-state index contributed by atoms with van der Waals surface area (Å²) in [5.41, 5.74) is 0. The van der Waals surface area contributed by atoms with Crippen LogP contribution in [0.15, 0.2) is 0 Å². The van der Waals surface area contributed by atoms with Gasteiger partial charge in [0.2, 0.25) is 0 Å². The summed E-state index contributed by atoms with van der Waals surface area (Å²) < 4.78 is 0. The Labute approximate surface area is 89.8 Å². The number of aliphatic hydroxyl groups is 1. The topological polar surface area (TPSA) is 23.5 Å². The third-order valence-corrected chi connectivity index (χ3v) is 3.38. The Kier molecular flexibility index (Phi) is 6.20. The number of aliphatic hydroxyl groups excluding tert-OH is 1. The summed E-state index contributed by atoms with van der Waals surface area (Å²) in [5, 5.41) is 8.69. The number of rotatable bonds is 1. The average Bonchev–Trinajstić information content (AvgIpc) is 2.67. The third kappa shape index (κ3) is 4.43. The molecule has 0 amide bonds. The summed E-state index contributed by atoms with van der Waals surface area (Å²) in [6.45, 7) is 1.49. The van der Waals surface area contributed by atoms with Gasteiger partial charge in [-0.2, -0.15) is 0 Å². The Bertz CT molecular complexity index is 128. The quantitative estimate of drug-likeness (QED) is 0.705. The molecule has 0 aromatic rings. The van der Waals surface area contributed by atoms with E-state index in [0.717, 1.165) is 6.54 Å². The van der Waals surface area contributed by atoms with E-state index in [9.17, 15) is 0 Å². The van der Waals surface area contributed by atoms with Gasteiger partial charge in [-0.05, 0) is 26.4 Å². The number of nitrogens with zero attached hydrogens (tertiary/aromatic N) is 1. The molecule has 0 aromatic carbocycles. The molecule has 0 radical (unpaired) electrons. The van der Waals surface area contributed by atoms with Gasteiger partial charge in [-0.15, -0.1) is 0 Å². The first kappa shape index (κ1) is 12.0. The smallest absolute Gasteiger partial charge is 0.0586 e. The number of hydrogen-bond donors (Lipinski definition) is 1. The summed E-state index contributed by atoms with van der Waals surface area (Å²) in [7, 11) is 2.06. The zero-order valence-electron chi connectivity index (χ0n) is 9.54. The second-order valence-electron chi connectivity index (χ2n) is 4.58. The van der Waals surface area contributed by atoms with E-state index < -0.39 is 0 Å². The van der Waals surface area contributed by atoms with Gasteiger partial charge >= 0.3 is 0 Å². The van der Waals surface area contributed by atoms with Crippen LogP contribution in [-0.2, 0) is 0 Å². The molecule has 2 nitrogen and oxygen atoms in total. The van der Waals surface area contributed by atoms with E-state index in [1.165, 1.54) is 51.4 Å². The Hall–Kier alpha value is -0.0800. The lowest BCUT2D eigenvalue weighted by molar-refractivity contribution is 0.182. The Morgan fingerprint density at radius 3 is 1.79 bits per heavy atom. The lowest BCUT2D eigenvalue weighted by atomic mass is 10.0. The Morgan fingerprint density at radius 2 is 1.57 bits per heavy atom. The molecule has 2 heteroatoms. The van der Waals surface area contributed by atoms with E-state index in [0.29, 0.717) is 12.6 Å². The molecule has 1 aliphatic carbocycles. The van der Waals surface area contributed by atoms with Gasteiger partial charge in [0.15, 0.2) is 0 Å². The molecule has 1 N–H and O–H groups in total. The summed E-state index contributed by atoms with van der Waals surface area (Å²) in [5.74, 6) is 0. The first-order chi connectivity index (χ1) is 6.84. The van der Waals surface area contributed by atoms with Gasteiger partial charge in [-0.1, -0.05) is 38.5 Å². The van der Waals surface area contributed by atoms with Crippen molar-refractivity contribution in [2.24, 2.45) is 0 Å². The molecule has 2 rings (SSSR count).